The van der Waals surface area contributed by atoms with Gasteiger partial charge in [0.2, 0.25) is 5.91 Å². The molecule has 0 radical (unpaired) electrons. The average molecular weight is 222 g/mol. The predicted octanol–water partition coefficient (Wildman–Crippen LogP) is 1.59. The van der Waals surface area contributed by atoms with Crippen LogP contribution in [0.4, 0.5) is 5.69 Å². The van der Waals surface area contributed by atoms with Crippen LogP contribution in [0.1, 0.15) is 6.92 Å². The fourth-order valence-electron chi connectivity index (χ4n) is 1.21. The lowest BCUT2D eigenvalue weighted by atomic mass is 10.3. The molecule has 16 heavy (non-hydrogen) atoms. The molecule has 1 amide bonds. The lowest BCUT2D eigenvalue weighted by Gasteiger charge is -2.11. The number of rotatable bonds is 5. The van der Waals surface area contributed by atoms with E-state index in [2.05, 4.69) is 10.2 Å². The maximum absolute atomic E-state index is 10.9. The van der Waals surface area contributed by atoms with Gasteiger partial charge in [0.15, 0.2) is 0 Å². The average Bonchev–Trinajstić information content (AvgIpc) is 2.16. The van der Waals surface area contributed by atoms with Crippen LogP contribution in [0, 0.1) is 0 Å². The summed E-state index contributed by atoms with van der Waals surface area (Å²) in [4.78, 5) is 12.9. The number of amides is 1. The molecule has 4 heteroatoms. The van der Waals surface area contributed by atoms with E-state index in [0.717, 1.165) is 18.0 Å². The number of carbonyl (C=O) groups excluding carboxylic acids is 1. The second-order valence-electron chi connectivity index (χ2n) is 3.86. The number of anilines is 1. The van der Waals surface area contributed by atoms with E-state index in [1.165, 1.54) is 6.92 Å². The third kappa shape index (κ3) is 4.79. The third-order valence-corrected chi connectivity index (χ3v) is 1.96. The smallest absolute Gasteiger partial charge is 0.221 e. The molecule has 0 spiro atoms. The van der Waals surface area contributed by atoms with E-state index in [1.54, 1.807) is 0 Å². The van der Waals surface area contributed by atoms with Gasteiger partial charge in [-0.3, -0.25) is 4.79 Å². The van der Waals surface area contributed by atoms with Gasteiger partial charge in [-0.25, -0.2) is 0 Å². The van der Waals surface area contributed by atoms with Gasteiger partial charge in [0.1, 0.15) is 12.4 Å². The highest BCUT2D eigenvalue weighted by molar-refractivity contribution is 5.88. The summed E-state index contributed by atoms with van der Waals surface area (Å²) in [5, 5.41) is 2.72. The number of carbonyl (C=O) groups is 1. The largest absolute Gasteiger partial charge is 0.492 e. The van der Waals surface area contributed by atoms with Crippen LogP contribution in [-0.2, 0) is 4.79 Å². The number of nitrogens with one attached hydrogen (secondary N) is 1. The van der Waals surface area contributed by atoms with Crippen molar-refractivity contribution in [1.29, 1.82) is 0 Å². The fourth-order valence-corrected chi connectivity index (χ4v) is 1.21. The monoisotopic (exact) mass is 222 g/mol. The van der Waals surface area contributed by atoms with E-state index < -0.39 is 0 Å². The van der Waals surface area contributed by atoms with Crippen LogP contribution in [0.25, 0.3) is 0 Å². The van der Waals surface area contributed by atoms with Gasteiger partial charge >= 0.3 is 0 Å². The minimum atomic E-state index is -0.0783. The van der Waals surface area contributed by atoms with Gasteiger partial charge < -0.3 is 15.0 Å². The Morgan fingerprint density at radius 1 is 1.44 bits per heavy atom. The zero-order valence-corrected chi connectivity index (χ0v) is 9.99. The van der Waals surface area contributed by atoms with Gasteiger partial charge in [-0.05, 0) is 26.2 Å². The van der Waals surface area contributed by atoms with Gasteiger partial charge in [0.25, 0.3) is 0 Å². The van der Waals surface area contributed by atoms with Crippen molar-refractivity contribution in [2.24, 2.45) is 0 Å². The normalized spacial score (nSPS) is 10.2. The number of likely N-dealkylation sites (N-methyl/N-ethyl adjacent to an activating group) is 1. The molecule has 0 unspecified atom stereocenters. The molecule has 1 rings (SSSR count). The number of hydrogen-bond donors (Lipinski definition) is 1. The molecular formula is C12H18N2O2. The first-order valence-corrected chi connectivity index (χ1v) is 5.23. The zero-order chi connectivity index (χ0) is 12.0. The summed E-state index contributed by atoms with van der Waals surface area (Å²) in [5.74, 6) is 0.693. The summed E-state index contributed by atoms with van der Waals surface area (Å²) >= 11 is 0. The van der Waals surface area contributed by atoms with E-state index in [9.17, 15) is 4.79 Å². The van der Waals surface area contributed by atoms with Crippen molar-refractivity contribution in [2.45, 2.75) is 6.92 Å². The van der Waals surface area contributed by atoms with Crippen LogP contribution in [0.2, 0.25) is 0 Å². The van der Waals surface area contributed by atoms with Crippen molar-refractivity contribution >= 4 is 11.6 Å². The number of ether oxygens (including phenoxy) is 1. The molecule has 0 aromatic heterocycles. The third-order valence-electron chi connectivity index (χ3n) is 1.96. The maximum atomic E-state index is 10.9. The minimum Gasteiger partial charge on any atom is -0.492 e. The van der Waals surface area contributed by atoms with Gasteiger partial charge in [-0.2, -0.15) is 0 Å². The molecule has 0 aliphatic rings. The van der Waals surface area contributed by atoms with E-state index in [4.69, 9.17) is 4.74 Å². The molecule has 0 aliphatic carbocycles. The van der Waals surface area contributed by atoms with Gasteiger partial charge in [0.05, 0.1) is 0 Å². The van der Waals surface area contributed by atoms with E-state index >= 15 is 0 Å². The second kappa shape index (κ2) is 6.12. The fraction of sp³-hybridized carbons (Fsp3) is 0.417. The molecule has 0 heterocycles. The molecule has 0 aliphatic heterocycles. The van der Waals surface area contributed by atoms with Crippen LogP contribution >= 0.6 is 0 Å². The first-order chi connectivity index (χ1) is 7.58. The Hall–Kier alpha value is -1.55. The van der Waals surface area contributed by atoms with Crippen molar-refractivity contribution < 1.29 is 9.53 Å². The van der Waals surface area contributed by atoms with Crippen LogP contribution in [0.3, 0.4) is 0 Å². The standard InChI is InChI=1S/C12H18N2O2/c1-10(15)13-11-5-4-6-12(9-11)16-8-7-14(2)3/h4-6,9H,7-8H2,1-3H3,(H,13,15). The topological polar surface area (TPSA) is 41.6 Å². The summed E-state index contributed by atoms with van der Waals surface area (Å²) in [6.45, 7) is 2.99. The van der Waals surface area contributed by atoms with Crippen molar-refractivity contribution in [2.75, 3.05) is 32.6 Å². The summed E-state index contributed by atoms with van der Waals surface area (Å²) in [6, 6.07) is 7.38. The van der Waals surface area contributed by atoms with Crippen LogP contribution in [0.15, 0.2) is 24.3 Å². The van der Waals surface area contributed by atoms with Gasteiger partial charge in [0, 0.05) is 25.2 Å². The molecule has 88 valence electrons. The van der Waals surface area contributed by atoms with E-state index in [1.807, 2.05) is 38.4 Å². The van der Waals surface area contributed by atoms with Crippen LogP contribution in [-0.4, -0.2) is 38.1 Å². The molecular weight excluding hydrogens is 204 g/mol. The number of nitrogens with zero attached hydrogens (tertiary/aromatic N) is 1. The molecule has 1 aromatic carbocycles. The first-order valence-electron chi connectivity index (χ1n) is 5.23. The molecule has 0 bridgehead atoms. The van der Waals surface area contributed by atoms with Crippen LogP contribution in [0.5, 0.6) is 5.75 Å². The van der Waals surface area contributed by atoms with Crippen LogP contribution < -0.4 is 10.1 Å². The number of benzene rings is 1. The molecule has 0 saturated carbocycles. The van der Waals surface area contributed by atoms with E-state index in [0.29, 0.717) is 6.61 Å². The van der Waals surface area contributed by atoms with Gasteiger partial charge in [-0.1, -0.05) is 6.07 Å². The first kappa shape index (κ1) is 12.5. The van der Waals surface area contributed by atoms with Crippen molar-refractivity contribution in [1.82, 2.24) is 4.90 Å². The quantitative estimate of drug-likeness (QED) is 0.822. The highest BCUT2D eigenvalue weighted by Gasteiger charge is 1.98. The Morgan fingerprint density at radius 3 is 2.81 bits per heavy atom. The summed E-state index contributed by atoms with van der Waals surface area (Å²) < 4.78 is 5.55. The highest BCUT2D eigenvalue weighted by Crippen LogP contribution is 2.17. The summed E-state index contributed by atoms with van der Waals surface area (Å²) in [5.41, 5.74) is 0.759. The SMILES string of the molecule is CC(=O)Nc1cccc(OCCN(C)C)c1. The van der Waals surface area contributed by atoms with Crippen molar-refractivity contribution in [3.05, 3.63) is 24.3 Å². The Bertz CT molecular complexity index is 351. The van der Waals surface area contributed by atoms with E-state index in [-0.39, 0.29) is 5.91 Å². The minimum absolute atomic E-state index is 0.0783. The maximum Gasteiger partial charge on any atom is 0.221 e. The van der Waals surface area contributed by atoms with Gasteiger partial charge in [-0.15, -0.1) is 0 Å². The molecule has 1 N–H and O–H groups in total. The lowest BCUT2D eigenvalue weighted by Crippen LogP contribution is -2.19. The summed E-state index contributed by atoms with van der Waals surface area (Å²) in [7, 11) is 3.99. The zero-order valence-electron chi connectivity index (χ0n) is 9.99. The Labute approximate surface area is 96.2 Å². The molecule has 0 saturated heterocycles. The lowest BCUT2D eigenvalue weighted by molar-refractivity contribution is -0.114. The Balaban J connectivity index is 2.50. The Morgan fingerprint density at radius 2 is 2.19 bits per heavy atom. The number of hydrogen-bond acceptors (Lipinski definition) is 3. The summed E-state index contributed by atoms with van der Waals surface area (Å²) in [6.07, 6.45) is 0. The molecule has 0 fully saturated rings. The van der Waals surface area contributed by atoms with Crippen molar-refractivity contribution in [3.8, 4) is 5.75 Å². The Kier molecular flexibility index (Phi) is 4.79. The molecule has 0 atom stereocenters. The molecule has 4 nitrogen and oxygen atoms in total. The predicted molar refractivity (Wildman–Crippen MR) is 64.8 cm³/mol. The van der Waals surface area contributed by atoms with Crippen molar-refractivity contribution in [3.63, 3.8) is 0 Å². The highest BCUT2D eigenvalue weighted by atomic mass is 16.5. The second-order valence-corrected chi connectivity index (χ2v) is 3.86. The molecule has 1 aromatic rings.